The van der Waals surface area contributed by atoms with Gasteiger partial charge >= 0.3 is 5.97 Å². The third kappa shape index (κ3) is 3.96. The number of allylic oxidation sites excluding steroid dienone is 1. The molecule has 0 unspecified atom stereocenters. The first-order valence-corrected chi connectivity index (χ1v) is 8.67. The van der Waals surface area contributed by atoms with Crippen molar-refractivity contribution in [2.45, 2.75) is 26.7 Å². The van der Waals surface area contributed by atoms with Gasteiger partial charge in [0.15, 0.2) is 0 Å². The molecular weight excluding hydrogens is 306 g/mol. The Morgan fingerprint density at radius 2 is 1.96 bits per heavy atom. The van der Waals surface area contributed by atoms with Crippen molar-refractivity contribution in [1.82, 2.24) is 0 Å². The Labute approximate surface area is 140 Å². The third-order valence-corrected chi connectivity index (χ3v) is 4.31. The van der Waals surface area contributed by atoms with E-state index in [2.05, 4.69) is 36.4 Å². The molecule has 0 radical (unpaired) electrons. The number of aliphatic imine (C=N–C) groups is 1. The van der Waals surface area contributed by atoms with E-state index >= 15 is 0 Å². The first kappa shape index (κ1) is 15.7. The maximum absolute atomic E-state index is 11.9. The molecule has 1 aromatic heterocycles. The largest absolute Gasteiger partial charge is 0.402 e. The van der Waals surface area contributed by atoms with Gasteiger partial charge in [-0.05, 0) is 64.9 Å². The maximum atomic E-state index is 11.9. The van der Waals surface area contributed by atoms with E-state index in [4.69, 9.17) is 4.74 Å². The van der Waals surface area contributed by atoms with Gasteiger partial charge in [-0.25, -0.2) is 9.79 Å². The number of hydrogen-bond donors (Lipinski definition) is 0. The summed E-state index contributed by atoms with van der Waals surface area (Å²) in [6.45, 7) is 4.39. The van der Waals surface area contributed by atoms with Crippen LogP contribution in [0, 0.1) is 5.92 Å². The van der Waals surface area contributed by atoms with Gasteiger partial charge in [-0.2, -0.15) is 11.3 Å². The van der Waals surface area contributed by atoms with Crippen LogP contribution in [0.5, 0.6) is 0 Å². The standard InChI is InChI=1S/C19H19NO2S/c1-13(2)11-14-3-6-16(7-4-14)18-20-17(19(21)22-18)8-5-15-9-10-23-12-15/h3-4,6-10,12-13H,5,11H2,1-2H3/b17-8+. The van der Waals surface area contributed by atoms with E-state index in [9.17, 15) is 4.79 Å². The lowest BCUT2D eigenvalue weighted by Gasteiger charge is -2.05. The Kier molecular flexibility index (Phi) is 4.72. The number of carbonyl (C=O) groups is 1. The zero-order chi connectivity index (χ0) is 16.2. The van der Waals surface area contributed by atoms with Crippen molar-refractivity contribution in [1.29, 1.82) is 0 Å². The number of carbonyl (C=O) groups excluding carboxylic acids is 1. The summed E-state index contributed by atoms with van der Waals surface area (Å²) in [7, 11) is 0. The van der Waals surface area contributed by atoms with E-state index in [1.165, 1.54) is 11.1 Å². The summed E-state index contributed by atoms with van der Waals surface area (Å²) in [4.78, 5) is 16.3. The molecule has 2 aromatic rings. The highest BCUT2D eigenvalue weighted by molar-refractivity contribution is 7.07. The molecule has 0 bridgehead atoms. The SMILES string of the molecule is CC(C)Cc1ccc(C2=N/C(=C/Cc3ccsc3)C(=O)O2)cc1. The van der Waals surface area contributed by atoms with Crippen molar-refractivity contribution in [2.75, 3.05) is 0 Å². The summed E-state index contributed by atoms with van der Waals surface area (Å²) in [5.74, 6) is 0.637. The van der Waals surface area contributed by atoms with Gasteiger partial charge in [0.05, 0.1) is 0 Å². The Balaban J connectivity index is 1.74. The van der Waals surface area contributed by atoms with Gasteiger partial charge < -0.3 is 4.74 Å². The van der Waals surface area contributed by atoms with Crippen LogP contribution in [0.4, 0.5) is 0 Å². The molecule has 118 valence electrons. The summed E-state index contributed by atoms with van der Waals surface area (Å²) in [6.07, 6.45) is 3.56. The topological polar surface area (TPSA) is 38.7 Å². The van der Waals surface area contributed by atoms with E-state index < -0.39 is 0 Å². The van der Waals surface area contributed by atoms with E-state index in [0.29, 0.717) is 23.9 Å². The number of rotatable bonds is 5. The second-order valence-corrected chi connectivity index (χ2v) is 6.81. The predicted octanol–water partition coefficient (Wildman–Crippen LogP) is 4.38. The highest BCUT2D eigenvalue weighted by Crippen LogP contribution is 2.19. The van der Waals surface area contributed by atoms with E-state index in [1.807, 2.05) is 29.7 Å². The molecule has 0 spiro atoms. The average molecular weight is 325 g/mol. The number of ether oxygens (including phenoxy) is 1. The summed E-state index contributed by atoms with van der Waals surface area (Å²) in [6, 6.07) is 10.1. The summed E-state index contributed by atoms with van der Waals surface area (Å²) in [5.41, 5.74) is 3.68. The van der Waals surface area contributed by atoms with Crippen molar-refractivity contribution in [3.63, 3.8) is 0 Å². The highest BCUT2D eigenvalue weighted by Gasteiger charge is 2.23. The maximum Gasteiger partial charge on any atom is 0.363 e. The molecule has 1 aliphatic heterocycles. The van der Waals surface area contributed by atoms with Crippen LogP contribution in [0.3, 0.4) is 0 Å². The number of benzene rings is 1. The lowest BCUT2D eigenvalue weighted by atomic mass is 10.0. The second kappa shape index (κ2) is 6.92. The van der Waals surface area contributed by atoms with Crippen molar-refractivity contribution >= 4 is 23.2 Å². The lowest BCUT2D eigenvalue weighted by Crippen LogP contribution is -2.05. The molecule has 1 aromatic carbocycles. The van der Waals surface area contributed by atoms with Crippen LogP contribution in [-0.4, -0.2) is 11.9 Å². The minimum absolute atomic E-state index is 0.374. The highest BCUT2D eigenvalue weighted by atomic mass is 32.1. The molecule has 23 heavy (non-hydrogen) atoms. The molecule has 0 saturated heterocycles. The fourth-order valence-electron chi connectivity index (χ4n) is 2.45. The zero-order valence-electron chi connectivity index (χ0n) is 13.3. The molecule has 3 nitrogen and oxygen atoms in total. The molecule has 0 amide bonds. The van der Waals surface area contributed by atoms with Gasteiger partial charge in [-0.15, -0.1) is 0 Å². The smallest absolute Gasteiger partial charge is 0.363 e. The number of nitrogens with zero attached hydrogens (tertiary/aromatic N) is 1. The third-order valence-electron chi connectivity index (χ3n) is 3.58. The molecule has 0 aliphatic carbocycles. The Morgan fingerprint density at radius 3 is 2.61 bits per heavy atom. The van der Waals surface area contributed by atoms with Crippen molar-refractivity contribution in [3.05, 3.63) is 69.6 Å². The van der Waals surface area contributed by atoms with E-state index in [0.717, 1.165) is 12.0 Å². The predicted molar refractivity (Wildman–Crippen MR) is 93.7 cm³/mol. The molecule has 3 rings (SSSR count). The van der Waals surface area contributed by atoms with Crippen LogP contribution >= 0.6 is 11.3 Å². The number of thiophene rings is 1. The lowest BCUT2D eigenvalue weighted by molar-refractivity contribution is -0.130. The molecule has 0 saturated carbocycles. The van der Waals surface area contributed by atoms with Crippen LogP contribution in [0.15, 0.2) is 57.9 Å². The van der Waals surface area contributed by atoms with Gasteiger partial charge in [-0.3, -0.25) is 0 Å². The molecular formula is C19H19NO2S. The summed E-state index contributed by atoms with van der Waals surface area (Å²) >= 11 is 1.64. The van der Waals surface area contributed by atoms with Crippen LogP contribution < -0.4 is 0 Å². The van der Waals surface area contributed by atoms with E-state index in [-0.39, 0.29) is 5.97 Å². The van der Waals surface area contributed by atoms with Gasteiger partial charge in [0.2, 0.25) is 5.90 Å². The second-order valence-electron chi connectivity index (χ2n) is 6.03. The number of esters is 1. The normalized spacial score (nSPS) is 16.0. The molecule has 2 heterocycles. The van der Waals surface area contributed by atoms with E-state index in [1.54, 1.807) is 11.3 Å². The first-order chi connectivity index (χ1) is 11.1. The molecule has 1 aliphatic rings. The molecule has 0 atom stereocenters. The first-order valence-electron chi connectivity index (χ1n) is 7.73. The minimum atomic E-state index is -0.374. The Morgan fingerprint density at radius 1 is 1.17 bits per heavy atom. The molecule has 0 N–H and O–H groups in total. The molecule has 0 fully saturated rings. The fraction of sp³-hybridized carbons (Fsp3) is 0.263. The Bertz CT molecular complexity index is 740. The average Bonchev–Trinajstić information content (AvgIpc) is 3.15. The molecule has 4 heteroatoms. The quantitative estimate of drug-likeness (QED) is 0.604. The van der Waals surface area contributed by atoms with Crippen LogP contribution in [0.2, 0.25) is 0 Å². The monoisotopic (exact) mass is 325 g/mol. The minimum Gasteiger partial charge on any atom is -0.402 e. The zero-order valence-corrected chi connectivity index (χ0v) is 14.1. The Hall–Kier alpha value is -2.20. The van der Waals surface area contributed by atoms with Crippen LogP contribution in [-0.2, 0) is 22.4 Å². The van der Waals surface area contributed by atoms with Gasteiger partial charge in [-0.1, -0.05) is 26.0 Å². The van der Waals surface area contributed by atoms with Crippen molar-refractivity contribution in [3.8, 4) is 0 Å². The fourth-order valence-corrected chi connectivity index (χ4v) is 3.13. The number of hydrogen-bond acceptors (Lipinski definition) is 4. The van der Waals surface area contributed by atoms with Crippen molar-refractivity contribution < 1.29 is 9.53 Å². The van der Waals surface area contributed by atoms with Gasteiger partial charge in [0.1, 0.15) is 5.70 Å². The van der Waals surface area contributed by atoms with Gasteiger partial charge in [0, 0.05) is 5.56 Å². The number of cyclic esters (lactones) is 1. The summed E-state index contributed by atoms with van der Waals surface area (Å²) in [5, 5.41) is 4.09. The van der Waals surface area contributed by atoms with Crippen LogP contribution in [0.1, 0.15) is 30.5 Å². The van der Waals surface area contributed by atoms with Crippen LogP contribution in [0.25, 0.3) is 0 Å². The van der Waals surface area contributed by atoms with Crippen molar-refractivity contribution in [2.24, 2.45) is 10.9 Å². The summed E-state index contributed by atoms with van der Waals surface area (Å²) < 4.78 is 5.30. The van der Waals surface area contributed by atoms with Gasteiger partial charge in [0.25, 0.3) is 0 Å².